The van der Waals surface area contributed by atoms with Crippen molar-refractivity contribution in [3.63, 3.8) is 0 Å². The average molecular weight is 295 g/mol. The van der Waals surface area contributed by atoms with E-state index in [1.807, 2.05) is 0 Å². The number of hydrogen-bond acceptors (Lipinski definition) is 4. The van der Waals surface area contributed by atoms with E-state index >= 15 is 0 Å². The fourth-order valence-electron chi connectivity index (χ4n) is 2.82. The predicted octanol–water partition coefficient (Wildman–Crippen LogP) is -1.02. The van der Waals surface area contributed by atoms with Crippen molar-refractivity contribution in [3.8, 4) is 0 Å². The van der Waals surface area contributed by atoms with Crippen LogP contribution in [0.3, 0.4) is 0 Å². The van der Waals surface area contributed by atoms with Crippen molar-refractivity contribution in [2.45, 2.75) is 31.2 Å². The number of carbonyl (C=O) groups is 2. The zero-order chi connectivity index (χ0) is 15.1. The van der Waals surface area contributed by atoms with Gasteiger partial charge in [-0.05, 0) is 13.0 Å². The summed E-state index contributed by atoms with van der Waals surface area (Å²) in [6.45, 7) is -0.749. The molecule has 0 radical (unpaired) electrons. The Morgan fingerprint density at radius 2 is 2.05 bits per heavy atom. The average Bonchev–Trinajstić information content (AvgIpc) is 2.93. The normalized spacial score (nSPS) is 34.5. The topological polar surface area (TPSA) is 95.7 Å². The maximum Gasteiger partial charge on any atom is 0.404 e. The highest BCUT2D eigenvalue weighted by atomic mass is 19.4. The fourth-order valence-corrected chi connectivity index (χ4v) is 2.82. The number of primary amides is 1. The highest BCUT2D eigenvalue weighted by molar-refractivity contribution is 5.91. The Hall–Kier alpha value is -1.35. The van der Waals surface area contributed by atoms with E-state index in [9.17, 15) is 27.9 Å². The van der Waals surface area contributed by atoms with Gasteiger partial charge in [0.1, 0.15) is 6.04 Å². The number of alkyl halides is 3. The number of aliphatic hydroxyl groups is 1. The Labute approximate surface area is 113 Å². The molecule has 4 N–H and O–H groups in total. The molecular formula is C11H16F3N3O3. The molecule has 0 aromatic heterocycles. The van der Waals surface area contributed by atoms with Crippen molar-refractivity contribution in [2.75, 3.05) is 19.6 Å². The molecule has 0 spiro atoms. The molecule has 2 rings (SSSR count). The van der Waals surface area contributed by atoms with E-state index in [4.69, 9.17) is 5.73 Å². The summed E-state index contributed by atoms with van der Waals surface area (Å²) < 4.78 is 39.8. The largest absolute Gasteiger partial charge is 0.404 e. The van der Waals surface area contributed by atoms with Crippen molar-refractivity contribution in [2.24, 2.45) is 11.1 Å². The molecule has 3 unspecified atom stereocenters. The smallest absolute Gasteiger partial charge is 0.391 e. The fraction of sp³-hybridized carbons (Fsp3) is 0.818. The first-order valence-electron chi connectivity index (χ1n) is 6.25. The van der Waals surface area contributed by atoms with Gasteiger partial charge < -0.3 is 21.1 Å². The number of likely N-dealkylation sites (tertiary alicyclic amines) is 1. The lowest BCUT2D eigenvalue weighted by atomic mass is 9.84. The van der Waals surface area contributed by atoms with E-state index in [-0.39, 0.29) is 25.9 Å². The lowest BCUT2D eigenvalue weighted by molar-refractivity contribution is -0.222. The van der Waals surface area contributed by atoms with Gasteiger partial charge in [-0.2, -0.15) is 13.2 Å². The first kappa shape index (κ1) is 15.0. The molecule has 2 aliphatic heterocycles. The van der Waals surface area contributed by atoms with Gasteiger partial charge in [-0.3, -0.25) is 9.59 Å². The van der Waals surface area contributed by atoms with E-state index in [1.165, 1.54) is 0 Å². The lowest BCUT2D eigenvalue weighted by Crippen LogP contribution is -2.56. The van der Waals surface area contributed by atoms with Crippen molar-refractivity contribution >= 4 is 11.8 Å². The molecule has 0 aromatic rings. The molecule has 2 saturated heterocycles. The van der Waals surface area contributed by atoms with Crippen LogP contribution in [-0.2, 0) is 9.59 Å². The molecule has 2 amide bonds. The summed E-state index contributed by atoms with van der Waals surface area (Å²) in [7, 11) is 0. The molecule has 2 heterocycles. The minimum atomic E-state index is -4.72. The van der Waals surface area contributed by atoms with Crippen LogP contribution in [0.15, 0.2) is 0 Å². The zero-order valence-corrected chi connectivity index (χ0v) is 10.6. The highest BCUT2D eigenvalue weighted by Gasteiger charge is 2.63. The second-order valence-corrected chi connectivity index (χ2v) is 5.27. The second kappa shape index (κ2) is 4.88. The quantitative estimate of drug-likeness (QED) is 0.607. The van der Waals surface area contributed by atoms with Gasteiger partial charge in [0.05, 0.1) is 6.10 Å². The molecule has 20 heavy (non-hydrogen) atoms. The van der Waals surface area contributed by atoms with Crippen LogP contribution in [0.1, 0.15) is 12.8 Å². The number of hydrogen-bond donors (Lipinski definition) is 3. The number of nitrogens with one attached hydrogen (secondary N) is 1. The zero-order valence-electron chi connectivity index (χ0n) is 10.6. The molecule has 2 fully saturated rings. The van der Waals surface area contributed by atoms with Gasteiger partial charge in [-0.15, -0.1) is 0 Å². The summed E-state index contributed by atoms with van der Waals surface area (Å²) in [5.41, 5.74) is 2.56. The van der Waals surface area contributed by atoms with E-state index in [0.29, 0.717) is 0 Å². The van der Waals surface area contributed by atoms with Crippen LogP contribution in [0.2, 0.25) is 0 Å². The Bertz CT molecular complexity index is 421. The third-order valence-electron chi connectivity index (χ3n) is 3.98. The molecule has 0 aromatic carbocycles. The number of nitrogens with zero attached hydrogens (tertiary/aromatic N) is 1. The molecule has 2 aliphatic rings. The number of aliphatic hydroxyl groups excluding tert-OH is 1. The van der Waals surface area contributed by atoms with Gasteiger partial charge in [0.25, 0.3) is 0 Å². The van der Waals surface area contributed by atoms with Crippen LogP contribution in [0.25, 0.3) is 0 Å². The maximum absolute atomic E-state index is 13.3. The van der Waals surface area contributed by atoms with Gasteiger partial charge >= 0.3 is 6.18 Å². The molecule has 0 saturated carbocycles. The van der Waals surface area contributed by atoms with Gasteiger partial charge in [-0.1, -0.05) is 0 Å². The number of rotatable bonds is 2. The summed E-state index contributed by atoms with van der Waals surface area (Å²) in [6.07, 6.45) is -6.25. The minimum absolute atomic E-state index is 0.0723. The van der Waals surface area contributed by atoms with Crippen molar-refractivity contribution in [1.82, 2.24) is 10.2 Å². The number of nitrogens with two attached hydrogens (primary N) is 1. The monoisotopic (exact) mass is 295 g/mol. The molecule has 114 valence electrons. The Morgan fingerprint density at radius 3 is 2.50 bits per heavy atom. The second-order valence-electron chi connectivity index (χ2n) is 5.27. The molecule has 0 bridgehead atoms. The van der Waals surface area contributed by atoms with Crippen LogP contribution in [-0.4, -0.2) is 59.8 Å². The molecule has 0 aliphatic carbocycles. The molecule has 3 atom stereocenters. The van der Waals surface area contributed by atoms with Gasteiger partial charge in [0, 0.05) is 19.5 Å². The van der Waals surface area contributed by atoms with Crippen molar-refractivity contribution in [1.29, 1.82) is 0 Å². The third-order valence-corrected chi connectivity index (χ3v) is 3.98. The predicted molar refractivity (Wildman–Crippen MR) is 61.3 cm³/mol. The van der Waals surface area contributed by atoms with E-state index in [2.05, 4.69) is 5.32 Å². The van der Waals surface area contributed by atoms with Crippen molar-refractivity contribution < 1.29 is 27.9 Å². The summed E-state index contributed by atoms with van der Waals surface area (Å²) >= 11 is 0. The summed E-state index contributed by atoms with van der Waals surface area (Å²) in [6, 6.07) is -1.18. The van der Waals surface area contributed by atoms with Crippen molar-refractivity contribution in [3.05, 3.63) is 0 Å². The number of β-amino-alcohol motifs (C(OH)–C–C–N with tert-alkyl or cyclic N) is 1. The number of halogens is 3. The first-order valence-corrected chi connectivity index (χ1v) is 6.25. The van der Waals surface area contributed by atoms with E-state index < -0.39 is 42.1 Å². The minimum Gasteiger partial charge on any atom is -0.391 e. The molecular weight excluding hydrogens is 279 g/mol. The van der Waals surface area contributed by atoms with E-state index in [0.717, 1.165) is 4.90 Å². The summed E-state index contributed by atoms with van der Waals surface area (Å²) in [5.74, 6) is -2.09. The molecule has 9 heteroatoms. The highest BCUT2D eigenvalue weighted by Crippen LogP contribution is 2.45. The standard InChI is InChI=1S/C11H16F3N3O3/c12-11(13,14)10(1-2-16-5-10)9(20)17-4-6(18)3-7(17)8(15)19/h6-7,16,18H,1-5H2,(H2,15,19). The van der Waals surface area contributed by atoms with Crippen LogP contribution in [0.5, 0.6) is 0 Å². The maximum atomic E-state index is 13.3. The van der Waals surface area contributed by atoms with Crippen LogP contribution >= 0.6 is 0 Å². The Morgan fingerprint density at radius 1 is 1.40 bits per heavy atom. The van der Waals surface area contributed by atoms with Gasteiger partial charge in [0.2, 0.25) is 11.8 Å². The van der Waals surface area contributed by atoms with Gasteiger partial charge in [-0.25, -0.2) is 0 Å². The Kier molecular flexibility index (Phi) is 3.67. The van der Waals surface area contributed by atoms with Crippen LogP contribution in [0, 0.1) is 5.41 Å². The number of carbonyl (C=O) groups excluding carboxylic acids is 2. The van der Waals surface area contributed by atoms with Crippen LogP contribution < -0.4 is 11.1 Å². The number of amides is 2. The SMILES string of the molecule is NC(=O)C1CC(O)CN1C(=O)C1(C(F)(F)F)CCNC1. The Balaban J connectivity index is 2.31. The summed E-state index contributed by atoms with van der Waals surface area (Å²) in [5, 5.41) is 12.0. The lowest BCUT2D eigenvalue weighted by Gasteiger charge is -2.35. The van der Waals surface area contributed by atoms with Gasteiger partial charge in [0.15, 0.2) is 5.41 Å². The van der Waals surface area contributed by atoms with E-state index in [1.54, 1.807) is 0 Å². The molecule has 6 nitrogen and oxygen atoms in total. The van der Waals surface area contributed by atoms with Crippen LogP contribution in [0.4, 0.5) is 13.2 Å². The first-order chi connectivity index (χ1) is 9.19. The summed E-state index contributed by atoms with van der Waals surface area (Å²) in [4.78, 5) is 24.3. The third kappa shape index (κ3) is 2.24.